The van der Waals surface area contributed by atoms with Crippen LogP contribution in [0.2, 0.25) is 0 Å². The number of hydrogen-bond donors (Lipinski definition) is 2. The Hall–Kier alpha value is -3.35. The number of rotatable bonds is 5. The van der Waals surface area contributed by atoms with Crippen LogP contribution in [0.25, 0.3) is 11.1 Å². The number of carbonyl (C=O) groups is 3. The largest absolute Gasteiger partial charge is 0.480 e. The molecule has 2 fully saturated rings. The highest BCUT2D eigenvalue weighted by molar-refractivity contribution is 5.87. The topological polar surface area (TPSA) is 95.9 Å². The highest BCUT2D eigenvalue weighted by atomic mass is 16.5. The zero-order valence-electron chi connectivity index (χ0n) is 19.1. The third-order valence-electron chi connectivity index (χ3n) is 7.57. The summed E-state index contributed by atoms with van der Waals surface area (Å²) in [6.07, 6.45) is 4.10. The van der Waals surface area contributed by atoms with Crippen molar-refractivity contribution in [1.82, 2.24) is 10.2 Å². The van der Waals surface area contributed by atoms with Gasteiger partial charge in [-0.25, -0.2) is 9.59 Å². The molecule has 1 unspecified atom stereocenters. The lowest BCUT2D eigenvalue weighted by molar-refractivity contribution is -0.160. The molecule has 0 bridgehead atoms. The Kier molecular flexibility index (Phi) is 6.26. The zero-order chi connectivity index (χ0) is 23.7. The van der Waals surface area contributed by atoms with E-state index in [0.717, 1.165) is 30.4 Å². The van der Waals surface area contributed by atoms with Gasteiger partial charge in [-0.1, -0.05) is 67.8 Å². The number of nitrogens with one attached hydrogen (secondary N) is 1. The maximum atomic E-state index is 13.2. The predicted molar refractivity (Wildman–Crippen MR) is 126 cm³/mol. The number of fused-ring (bicyclic) bond motifs is 3. The van der Waals surface area contributed by atoms with E-state index in [9.17, 15) is 19.5 Å². The fourth-order valence-corrected chi connectivity index (χ4v) is 5.69. The third-order valence-corrected chi connectivity index (χ3v) is 7.57. The summed E-state index contributed by atoms with van der Waals surface area (Å²) in [6, 6.07) is 15.3. The van der Waals surface area contributed by atoms with Crippen LogP contribution < -0.4 is 5.32 Å². The summed E-state index contributed by atoms with van der Waals surface area (Å²) in [6.45, 7) is 0.683. The first-order valence-corrected chi connectivity index (χ1v) is 12.2. The number of ether oxygens (including phenoxy) is 1. The lowest BCUT2D eigenvalue weighted by atomic mass is 9.90. The molecule has 1 aliphatic heterocycles. The van der Waals surface area contributed by atoms with E-state index in [0.29, 0.717) is 25.8 Å². The molecular weight excluding hydrogens is 432 g/mol. The smallest absolute Gasteiger partial charge is 0.407 e. The lowest BCUT2D eigenvalue weighted by Crippen LogP contribution is -2.59. The number of aliphatic carboxylic acids is 1. The molecule has 178 valence electrons. The second kappa shape index (κ2) is 9.49. The van der Waals surface area contributed by atoms with Gasteiger partial charge in [0.1, 0.15) is 12.6 Å². The van der Waals surface area contributed by atoms with Gasteiger partial charge in [0.2, 0.25) is 5.91 Å². The quantitative estimate of drug-likeness (QED) is 0.651. The van der Waals surface area contributed by atoms with Crippen LogP contribution in [-0.2, 0) is 14.3 Å². The number of nitrogens with zero attached hydrogens (tertiary/aromatic N) is 1. The molecule has 1 heterocycles. The summed E-state index contributed by atoms with van der Waals surface area (Å²) in [5, 5.41) is 12.3. The van der Waals surface area contributed by atoms with Crippen LogP contribution in [0, 0.1) is 5.92 Å². The van der Waals surface area contributed by atoms with Crippen molar-refractivity contribution in [2.45, 2.75) is 56.5 Å². The van der Waals surface area contributed by atoms with Gasteiger partial charge in [0, 0.05) is 18.5 Å². The van der Waals surface area contributed by atoms with Crippen molar-refractivity contribution in [3.8, 4) is 11.1 Å². The average molecular weight is 463 g/mol. The normalized spacial score (nSPS) is 23.8. The SMILES string of the molecule is O=C(N[C@@H]1CCCCC[C@@H]1C(=O)N1CCC1C(=O)O)OCC1c2ccccc2-c2ccccc21. The van der Waals surface area contributed by atoms with Crippen molar-refractivity contribution in [2.24, 2.45) is 5.92 Å². The van der Waals surface area contributed by atoms with Gasteiger partial charge in [-0.3, -0.25) is 4.79 Å². The summed E-state index contributed by atoms with van der Waals surface area (Å²) in [5.74, 6) is -1.56. The van der Waals surface area contributed by atoms with Crippen LogP contribution in [0.3, 0.4) is 0 Å². The van der Waals surface area contributed by atoms with Gasteiger partial charge < -0.3 is 20.1 Å². The van der Waals surface area contributed by atoms with Gasteiger partial charge in [-0.2, -0.15) is 0 Å². The number of benzene rings is 2. The van der Waals surface area contributed by atoms with Gasteiger partial charge in [0.25, 0.3) is 0 Å². The number of carboxylic acids is 1. The van der Waals surface area contributed by atoms with E-state index in [4.69, 9.17) is 4.74 Å². The summed E-state index contributed by atoms with van der Waals surface area (Å²) in [4.78, 5) is 38.9. The third kappa shape index (κ3) is 4.15. The second-order valence-corrected chi connectivity index (χ2v) is 9.50. The van der Waals surface area contributed by atoms with Crippen LogP contribution in [-0.4, -0.2) is 53.2 Å². The molecule has 3 atom stereocenters. The molecule has 7 heteroatoms. The summed E-state index contributed by atoms with van der Waals surface area (Å²) >= 11 is 0. The number of carboxylic acid groups (broad SMARTS) is 1. The highest BCUT2D eigenvalue weighted by Crippen LogP contribution is 2.44. The first-order valence-electron chi connectivity index (χ1n) is 12.2. The van der Waals surface area contributed by atoms with Crippen molar-refractivity contribution in [3.63, 3.8) is 0 Å². The average Bonchev–Trinajstić information content (AvgIpc) is 2.93. The summed E-state index contributed by atoms with van der Waals surface area (Å²) in [5.41, 5.74) is 4.64. The number of hydrogen-bond acceptors (Lipinski definition) is 4. The molecule has 1 saturated carbocycles. The number of alkyl carbamates (subject to hydrolysis) is 1. The molecule has 1 saturated heterocycles. The molecule has 2 N–H and O–H groups in total. The van der Waals surface area contributed by atoms with Gasteiger partial charge in [0.05, 0.1) is 5.92 Å². The molecular formula is C27H30N2O5. The molecule has 0 radical (unpaired) electrons. The van der Waals surface area contributed by atoms with E-state index in [1.54, 1.807) is 0 Å². The Morgan fingerprint density at radius 1 is 0.912 bits per heavy atom. The van der Waals surface area contributed by atoms with E-state index >= 15 is 0 Å². The summed E-state index contributed by atoms with van der Waals surface area (Å²) < 4.78 is 5.70. The molecule has 2 aromatic rings. The maximum Gasteiger partial charge on any atom is 0.407 e. The molecule has 0 aromatic heterocycles. The lowest BCUT2D eigenvalue weighted by Gasteiger charge is -2.41. The Balaban J connectivity index is 1.25. The second-order valence-electron chi connectivity index (χ2n) is 9.50. The number of carbonyl (C=O) groups excluding carboxylic acids is 2. The van der Waals surface area contributed by atoms with Crippen LogP contribution in [0.15, 0.2) is 48.5 Å². The van der Waals surface area contributed by atoms with Crippen molar-refractivity contribution >= 4 is 18.0 Å². The zero-order valence-corrected chi connectivity index (χ0v) is 19.1. The van der Waals surface area contributed by atoms with Crippen molar-refractivity contribution in [1.29, 1.82) is 0 Å². The van der Waals surface area contributed by atoms with Gasteiger partial charge >= 0.3 is 12.1 Å². The van der Waals surface area contributed by atoms with E-state index in [-0.39, 0.29) is 24.5 Å². The minimum absolute atomic E-state index is 0.0258. The molecule has 2 aromatic carbocycles. The van der Waals surface area contributed by atoms with Crippen molar-refractivity contribution in [3.05, 3.63) is 59.7 Å². The van der Waals surface area contributed by atoms with Gasteiger partial charge in [0.15, 0.2) is 0 Å². The predicted octanol–water partition coefficient (Wildman–Crippen LogP) is 4.16. The fourth-order valence-electron chi connectivity index (χ4n) is 5.69. The van der Waals surface area contributed by atoms with Crippen LogP contribution >= 0.6 is 0 Å². The van der Waals surface area contributed by atoms with Crippen molar-refractivity contribution < 1.29 is 24.2 Å². The van der Waals surface area contributed by atoms with Gasteiger partial charge in [-0.15, -0.1) is 0 Å². The van der Waals surface area contributed by atoms with E-state index in [2.05, 4.69) is 29.6 Å². The molecule has 7 nitrogen and oxygen atoms in total. The van der Waals surface area contributed by atoms with E-state index in [1.807, 2.05) is 24.3 Å². The fraction of sp³-hybridized carbons (Fsp3) is 0.444. The van der Waals surface area contributed by atoms with E-state index < -0.39 is 24.0 Å². The first-order chi connectivity index (χ1) is 16.5. The molecule has 2 aliphatic carbocycles. The molecule has 2 amide bonds. The maximum absolute atomic E-state index is 13.2. The van der Waals surface area contributed by atoms with Crippen LogP contribution in [0.5, 0.6) is 0 Å². The van der Waals surface area contributed by atoms with Gasteiger partial charge in [-0.05, 0) is 41.5 Å². The Bertz CT molecular complexity index is 1050. The van der Waals surface area contributed by atoms with Crippen molar-refractivity contribution in [2.75, 3.05) is 13.2 Å². The minimum atomic E-state index is -0.964. The minimum Gasteiger partial charge on any atom is -0.480 e. The summed E-state index contributed by atoms with van der Waals surface area (Å²) in [7, 11) is 0. The number of amides is 2. The molecule has 34 heavy (non-hydrogen) atoms. The molecule has 5 rings (SSSR count). The standard InChI is InChI=1S/C27H30N2O5/c30-25(29-15-14-24(29)26(31)32)21-12-2-1-3-13-23(21)28-27(33)34-16-22-19-10-6-4-8-17(19)18-9-5-7-11-20(18)22/h4-11,21-24H,1-3,12-16H2,(H,28,33)(H,31,32)/t21-,23+,24?/m0/s1. The molecule has 0 spiro atoms. The first kappa shape index (κ1) is 22.4. The Labute approximate surface area is 199 Å². The van der Waals surface area contributed by atoms with Crippen LogP contribution in [0.1, 0.15) is 55.6 Å². The van der Waals surface area contributed by atoms with E-state index in [1.165, 1.54) is 16.0 Å². The Morgan fingerprint density at radius 2 is 1.56 bits per heavy atom. The monoisotopic (exact) mass is 462 g/mol. The number of likely N-dealkylation sites (tertiary alicyclic amines) is 1. The highest BCUT2D eigenvalue weighted by Gasteiger charge is 2.43. The van der Waals surface area contributed by atoms with Crippen LogP contribution in [0.4, 0.5) is 4.79 Å². The Morgan fingerprint density at radius 3 is 2.18 bits per heavy atom. The molecule has 3 aliphatic rings.